The number of primary sulfonamides is 1. The molecule has 0 bridgehead atoms. The van der Waals surface area contributed by atoms with Gasteiger partial charge < -0.3 is 4.74 Å². The maximum Gasteiger partial charge on any atom is 0.391 e. The minimum absolute atomic E-state index is 0.0285. The number of rotatable bonds is 7. The van der Waals surface area contributed by atoms with Crippen molar-refractivity contribution >= 4 is 10.0 Å². The molecule has 104 valence electrons. The number of hydrogen-bond acceptors (Lipinski definition) is 3. The Kier molecular flexibility index (Phi) is 6.42. The minimum Gasteiger partial charge on any atom is -0.381 e. The second kappa shape index (κ2) is 6.55. The third-order valence-corrected chi connectivity index (χ3v) is 3.14. The van der Waals surface area contributed by atoms with E-state index >= 15 is 0 Å². The van der Waals surface area contributed by atoms with E-state index in [1.807, 2.05) is 0 Å². The summed E-state index contributed by atoms with van der Waals surface area (Å²) in [5.41, 5.74) is 0. The molecule has 0 heterocycles. The first kappa shape index (κ1) is 16.7. The standard InChI is InChI=1S/C9H18F3NO3S/c1-7(2)8(6-17(13,14)15)5-16-4-3-9(10,11)12/h7-8H,3-6H2,1-2H3,(H2,13,14,15). The van der Waals surface area contributed by atoms with E-state index in [4.69, 9.17) is 9.88 Å². The number of hydrogen-bond donors (Lipinski definition) is 1. The molecular formula is C9H18F3NO3S. The van der Waals surface area contributed by atoms with Crippen LogP contribution in [0.3, 0.4) is 0 Å². The lowest BCUT2D eigenvalue weighted by molar-refractivity contribution is -0.146. The molecule has 0 saturated heterocycles. The number of alkyl halides is 3. The van der Waals surface area contributed by atoms with Crippen LogP contribution in [0, 0.1) is 11.8 Å². The minimum atomic E-state index is -4.26. The Morgan fingerprint density at radius 3 is 2.18 bits per heavy atom. The molecule has 0 saturated carbocycles. The molecule has 0 spiro atoms. The highest BCUT2D eigenvalue weighted by atomic mass is 32.2. The van der Waals surface area contributed by atoms with Crippen molar-refractivity contribution in [1.82, 2.24) is 0 Å². The molecule has 0 aromatic rings. The highest BCUT2D eigenvalue weighted by Gasteiger charge is 2.27. The van der Waals surface area contributed by atoms with Crippen molar-refractivity contribution in [3.8, 4) is 0 Å². The Morgan fingerprint density at radius 1 is 1.29 bits per heavy atom. The summed E-state index contributed by atoms with van der Waals surface area (Å²) in [6, 6.07) is 0. The van der Waals surface area contributed by atoms with Gasteiger partial charge in [-0.3, -0.25) is 0 Å². The highest BCUT2D eigenvalue weighted by molar-refractivity contribution is 7.89. The fourth-order valence-corrected chi connectivity index (χ4v) is 2.23. The zero-order valence-electron chi connectivity index (χ0n) is 9.83. The van der Waals surface area contributed by atoms with E-state index in [1.165, 1.54) is 0 Å². The molecule has 4 nitrogen and oxygen atoms in total. The van der Waals surface area contributed by atoms with Gasteiger partial charge in [-0.05, 0) is 11.8 Å². The molecule has 0 aliphatic rings. The van der Waals surface area contributed by atoms with Crippen LogP contribution in [0.1, 0.15) is 20.3 Å². The van der Waals surface area contributed by atoms with Crippen LogP contribution < -0.4 is 5.14 Å². The van der Waals surface area contributed by atoms with E-state index in [0.717, 1.165) is 0 Å². The topological polar surface area (TPSA) is 69.4 Å². The first-order chi connectivity index (χ1) is 7.51. The van der Waals surface area contributed by atoms with Crippen molar-refractivity contribution < 1.29 is 26.3 Å². The molecule has 0 fully saturated rings. The van der Waals surface area contributed by atoms with Crippen molar-refractivity contribution in [1.29, 1.82) is 0 Å². The Labute approximate surface area is 99.4 Å². The van der Waals surface area contributed by atoms with Gasteiger partial charge in [0.15, 0.2) is 0 Å². The lowest BCUT2D eigenvalue weighted by Gasteiger charge is -2.19. The Balaban J connectivity index is 4.04. The average Bonchev–Trinajstić information content (AvgIpc) is 2.06. The van der Waals surface area contributed by atoms with Gasteiger partial charge in [0.05, 0.1) is 25.4 Å². The van der Waals surface area contributed by atoms with Crippen LogP contribution in [-0.2, 0) is 14.8 Å². The van der Waals surface area contributed by atoms with Gasteiger partial charge in [0.1, 0.15) is 0 Å². The molecule has 0 amide bonds. The van der Waals surface area contributed by atoms with E-state index in [1.54, 1.807) is 13.8 Å². The fraction of sp³-hybridized carbons (Fsp3) is 1.00. The molecule has 17 heavy (non-hydrogen) atoms. The molecule has 0 aromatic carbocycles. The number of halogens is 3. The van der Waals surface area contributed by atoms with Crippen molar-refractivity contribution in [3.63, 3.8) is 0 Å². The first-order valence-electron chi connectivity index (χ1n) is 5.16. The molecular weight excluding hydrogens is 259 g/mol. The molecule has 0 aliphatic carbocycles. The monoisotopic (exact) mass is 277 g/mol. The van der Waals surface area contributed by atoms with Gasteiger partial charge in [-0.15, -0.1) is 0 Å². The summed E-state index contributed by atoms with van der Waals surface area (Å²) in [5, 5.41) is 4.88. The summed E-state index contributed by atoms with van der Waals surface area (Å²) >= 11 is 0. The number of sulfonamides is 1. The average molecular weight is 277 g/mol. The van der Waals surface area contributed by atoms with Crippen LogP contribution in [0.15, 0.2) is 0 Å². The molecule has 0 rings (SSSR count). The number of nitrogens with two attached hydrogens (primary N) is 1. The summed E-state index contributed by atoms with van der Waals surface area (Å²) in [5.74, 6) is -0.700. The lowest BCUT2D eigenvalue weighted by atomic mass is 9.99. The normalized spacial score (nSPS) is 15.2. The van der Waals surface area contributed by atoms with E-state index in [-0.39, 0.29) is 18.3 Å². The van der Waals surface area contributed by atoms with Gasteiger partial charge >= 0.3 is 6.18 Å². The van der Waals surface area contributed by atoms with E-state index in [0.29, 0.717) is 0 Å². The van der Waals surface area contributed by atoms with Gasteiger partial charge in [0, 0.05) is 0 Å². The summed E-state index contributed by atoms with van der Waals surface area (Å²) in [6.07, 6.45) is -5.29. The molecule has 8 heteroatoms. The van der Waals surface area contributed by atoms with Gasteiger partial charge in [-0.25, -0.2) is 13.6 Å². The zero-order valence-corrected chi connectivity index (χ0v) is 10.6. The van der Waals surface area contributed by atoms with Crippen LogP contribution >= 0.6 is 0 Å². The fourth-order valence-electron chi connectivity index (χ4n) is 1.15. The Hall–Kier alpha value is -0.340. The molecule has 0 aromatic heterocycles. The summed E-state index contributed by atoms with van der Waals surface area (Å²) < 4.78 is 62.0. The van der Waals surface area contributed by atoms with Gasteiger partial charge in [-0.2, -0.15) is 13.2 Å². The maximum absolute atomic E-state index is 11.8. The lowest BCUT2D eigenvalue weighted by Crippen LogP contribution is -2.29. The van der Waals surface area contributed by atoms with E-state index in [9.17, 15) is 21.6 Å². The van der Waals surface area contributed by atoms with Crippen LogP contribution in [0.25, 0.3) is 0 Å². The van der Waals surface area contributed by atoms with Crippen molar-refractivity contribution in [2.45, 2.75) is 26.4 Å². The first-order valence-corrected chi connectivity index (χ1v) is 6.88. The second-order valence-corrected chi connectivity index (χ2v) is 5.93. The predicted molar refractivity (Wildman–Crippen MR) is 57.8 cm³/mol. The quantitative estimate of drug-likeness (QED) is 0.717. The van der Waals surface area contributed by atoms with Crippen LogP contribution in [0.2, 0.25) is 0 Å². The van der Waals surface area contributed by atoms with E-state index in [2.05, 4.69) is 0 Å². The van der Waals surface area contributed by atoms with Gasteiger partial charge in [-0.1, -0.05) is 13.8 Å². The smallest absolute Gasteiger partial charge is 0.381 e. The molecule has 2 N–H and O–H groups in total. The van der Waals surface area contributed by atoms with Crippen molar-refractivity contribution in [2.24, 2.45) is 17.0 Å². The van der Waals surface area contributed by atoms with Gasteiger partial charge in [0.25, 0.3) is 0 Å². The summed E-state index contributed by atoms with van der Waals surface area (Å²) in [6.45, 7) is 3.04. The third kappa shape index (κ3) is 10.5. The largest absolute Gasteiger partial charge is 0.391 e. The second-order valence-electron chi connectivity index (χ2n) is 4.27. The molecule has 0 aliphatic heterocycles. The van der Waals surface area contributed by atoms with E-state index < -0.39 is 35.1 Å². The van der Waals surface area contributed by atoms with Crippen LogP contribution in [-0.4, -0.2) is 33.6 Å². The van der Waals surface area contributed by atoms with Crippen molar-refractivity contribution in [2.75, 3.05) is 19.0 Å². The Bertz CT molecular complexity index is 314. The Morgan fingerprint density at radius 2 is 1.82 bits per heavy atom. The third-order valence-electron chi connectivity index (χ3n) is 2.25. The highest BCUT2D eigenvalue weighted by Crippen LogP contribution is 2.20. The molecule has 1 unspecified atom stereocenters. The molecule has 0 radical (unpaired) electrons. The number of ether oxygens (including phenoxy) is 1. The summed E-state index contributed by atoms with van der Waals surface area (Å²) in [7, 11) is -3.64. The predicted octanol–water partition coefficient (Wildman–Crippen LogP) is 1.52. The van der Waals surface area contributed by atoms with Crippen molar-refractivity contribution in [3.05, 3.63) is 0 Å². The SMILES string of the molecule is CC(C)C(COCCC(F)(F)F)CS(N)(=O)=O. The zero-order chi connectivity index (χ0) is 13.7. The van der Waals surface area contributed by atoms with Crippen LogP contribution in [0.4, 0.5) is 13.2 Å². The summed E-state index contributed by atoms with van der Waals surface area (Å²) in [4.78, 5) is 0. The van der Waals surface area contributed by atoms with Crippen LogP contribution in [0.5, 0.6) is 0 Å². The van der Waals surface area contributed by atoms with Gasteiger partial charge in [0.2, 0.25) is 10.0 Å². The maximum atomic E-state index is 11.8. The molecule has 1 atom stereocenters.